The van der Waals surface area contributed by atoms with Crippen LogP contribution in [0.4, 0.5) is 16.2 Å². The number of nitrogens with one attached hydrogen (secondary N) is 1. The molecular weight excluding hydrogens is 297 g/mol. The number of nitrogens with zero attached hydrogens (tertiary/aromatic N) is 4. The summed E-state index contributed by atoms with van der Waals surface area (Å²) in [6, 6.07) is 7.93. The van der Waals surface area contributed by atoms with Crippen LogP contribution in [0.15, 0.2) is 35.4 Å². The SMILES string of the molecule is Cc1cc(N/N=C\c2ccc(F)cc2)nc(N2CCOCC2)n1. The number of hydrogen-bond acceptors (Lipinski definition) is 6. The predicted molar refractivity (Wildman–Crippen MR) is 87.4 cm³/mol. The highest BCUT2D eigenvalue weighted by atomic mass is 19.1. The molecule has 23 heavy (non-hydrogen) atoms. The van der Waals surface area contributed by atoms with Gasteiger partial charge in [-0.15, -0.1) is 0 Å². The molecule has 1 saturated heterocycles. The third kappa shape index (κ3) is 4.23. The lowest BCUT2D eigenvalue weighted by Crippen LogP contribution is -2.37. The van der Waals surface area contributed by atoms with Gasteiger partial charge in [-0.1, -0.05) is 12.1 Å². The van der Waals surface area contributed by atoms with Gasteiger partial charge < -0.3 is 9.64 Å². The molecule has 120 valence electrons. The molecule has 7 heteroatoms. The molecule has 2 aromatic rings. The maximum Gasteiger partial charge on any atom is 0.227 e. The fourth-order valence-electron chi connectivity index (χ4n) is 2.24. The molecule has 1 fully saturated rings. The van der Waals surface area contributed by atoms with Crippen molar-refractivity contribution >= 4 is 18.0 Å². The van der Waals surface area contributed by atoms with E-state index in [0.717, 1.165) is 24.3 Å². The van der Waals surface area contributed by atoms with Crippen LogP contribution < -0.4 is 10.3 Å². The Morgan fingerprint density at radius 1 is 1.22 bits per heavy atom. The molecule has 0 spiro atoms. The number of ether oxygens (including phenoxy) is 1. The molecule has 1 aliphatic heterocycles. The number of hydrogen-bond donors (Lipinski definition) is 1. The number of halogens is 1. The summed E-state index contributed by atoms with van der Waals surface area (Å²) >= 11 is 0. The van der Waals surface area contributed by atoms with Crippen molar-refractivity contribution in [2.75, 3.05) is 36.6 Å². The maximum absolute atomic E-state index is 12.8. The molecule has 0 amide bonds. The normalized spacial score (nSPS) is 15.1. The molecule has 6 nitrogen and oxygen atoms in total. The third-order valence-corrected chi connectivity index (χ3v) is 3.40. The van der Waals surface area contributed by atoms with Crippen molar-refractivity contribution in [3.63, 3.8) is 0 Å². The summed E-state index contributed by atoms with van der Waals surface area (Å²) < 4.78 is 18.2. The van der Waals surface area contributed by atoms with Crippen LogP contribution in [0.1, 0.15) is 11.3 Å². The fraction of sp³-hybridized carbons (Fsp3) is 0.312. The predicted octanol–water partition coefficient (Wildman–Crippen LogP) is 2.21. The Hall–Kier alpha value is -2.54. The first-order chi connectivity index (χ1) is 11.2. The Kier molecular flexibility index (Phi) is 4.77. The molecule has 0 atom stereocenters. The van der Waals surface area contributed by atoms with E-state index in [9.17, 15) is 4.39 Å². The average molecular weight is 315 g/mol. The number of rotatable bonds is 4. The van der Waals surface area contributed by atoms with Gasteiger partial charge in [0, 0.05) is 24.8 Å². The van der Waals surface area contributed by atoms with E-state index < -0.39 is 0 Å². The average Bonchev–Trinajstić information content (AvgIpc) is 2.57. The Balaban J connectivity index is 1.69. The van der Waals surface area contributed by atoms with Gasteiger partial charge in [0.25, 0.3) is 0 Å². The number of aryl methyl sites for hydroxylation is 1. The van der Waals surface area contributed by atoms with E-state index in [4.69, 9.17) is 4.74 Å². The molecule has 0 radical (unpaired) electrons. The lowest BCUT2D eigenvalue weighted by molar-refractivity contribution is 0.122. The van der Waals surface area contributed by atoms with Crippen LogP contribution in [-0.2, 0) is 4.74 Å². The summed E-state index contributed by atoms with van der Waals surface area (Å²) in [4.78, 5) is 11.0. The Labute approximate surface area is 134 Å². The van der Waals surface area contributed by atoms with Crippen molar-refractivity contribution in [3.8, 4) is 0 Å². The quantitative estimate of drug-likeness (QED) is 0.692. The second kappa shape index (κ2) is 7.15. The lowest BCUT2D eigenvalue weighted by Gasteiger charge is -2.27. The second-order valence-corrected chi connectivity index (χ2v) is 5.22. The molecule has 3 rings (SSSR count). The highest BCUT2D eigenvalue weighted by Crippen LogP contribution is 2.15. The Morgan fingerprint density at radius 2 is 1.96 bits per heavy atom. The topological polar surface area (TPSA) is 62.6 Å². The van der Waals surface area contributed by atoms with Gasteiger partial charge in [-0.2, -0.15) is 10.1 Å². The summed E-state index contributed by atoms with van der Waals surface area (Å²) in [5.74, 6) is 1.03. The third-order valence-electron chi connectivity index (χ3n) is 3.40. The van der Waals surface area contributed by atoms with Crippen LogP contribution in [0.3, 0.4) is 0 Å². The van der Waals surface area contributed by atoms with Gasteiger partial charge in [0.05, 0.1) is 19.4 Å². The van der Waals surface area contributed by atoms with E-state index in [1.807, 2.05) is 13.0 Å². The van der Waals surface area contributed by atoms with Crippen LogP contribution in [0.25, 0.3) is 0 Å². The molecule has 2 heterocycles. The van der Waals surface area contributed by atoms with E-state index >= 15 is 0 Å². The molecule has 1 aromatic heterocycles. The highest BCUT2D eigenvalue weighted by Gasteiger charge is 2.14. The highest BCUT2D eigenvalue weighted by molar-refractivity contribution is 5.79. The maximum atomic E-state index is 12.8. The summed E-state index contributed by atoms with van der Waals surface area (Å²) in [6.07, 6.45) is 1.62. The van der Waals surface area contributed by atoms with Crippen molar-refractivity contribution in [3.05, 3.63) is 47.4 Å². The molecule has 1 N–H and O–H groups in total. The zero-order valence-corrected chi connectivity index (χ0v) is 12.9. The summed E-state index contributed by atoms with van der Waals surface area (Å²) in [6.45, 7) is 4.84. The first kappa shape index (κ1) is 15.4. The minimum atomic E-state index is -0.267. The standard InChI is InChI=1S/C16H18FN5O/c1-12-10-15(20-16(19-12)22-6-8-23-9-7-22)21-18-11-13-2-4-14(17)5-3-13/h2-5,10-11H,6-9H2,1H3,(H,19,20,21)/b18-11-. The van der Waals surface area contributed by atoms with Crippen LogP contribution in [-0.4, -0.2) is 42.5 Å². The van der Waals surface area contributed by atoms with Gasteiger partial charge in [0.2, 0.25) is 5.95 Å². The van der Waals surface area contributed by atoms with Crippen molar-refractivity contribution in [2.45, 2.75) is 6.92 Å². The minimum absolute atomic E-state index is 0.267. The van der Waals surface area contributed by atoms with Gasteiger partial charge in [-0.05, 0) is 24.6 Å². The van der Waals surface area contributed by atoms with E-state index in [1.54, 1.807) is 18.3 Å². The van der Waals surface area contributed by atoms with Gasteiger partial charge >= 0.3 is 0 Å². The van der Waals surface area contributed by atoms with Crippen LogP contribution >= 0.6 is 0 Å². The molecule has 0 bridgehead atoms. The van der Waals surface area contributed by atoms with E-state index in [2.05, 4.69) is 25.4 Å². The number of aromatic nitrogens is 2. The van der Waals surface area contributed by atoms with Gasteiger partial charge in [-0.25, -0.2) is 9.37 Å². The zero-order valence-electron chi connectivity index (χ0n) is 12.9. The lowest BCUT2D eigenvalue weighted by atomic mass is 10.2. The molecule has 1 aliphatic rings. The smallest absolute Gasteiger partial charge is 0.227 e. The van der Waals surface area contributed by atoms with E-state index in [0.29, 0.717) is 25.0 Å². The van der Waals surface area contributed by atoms with Gasteiger partial charge in [-0.3, -0.25) is 5.43 Å². The van der Waals surface area contributed by atoms with E-state index in [-0.39, 0.29) is 5.82 Å². The molecule has 1 aromatic carbocycles. The number of hydrazone groups is 1. The minimum Gasteiger partial charge on any atom is -0.378 e. The summed E-state index contributed by atoms with van der Waals surface area (Å²) in [5.41, 5.74) is 4.56. The molecular formula is C16H18FN5O. The van der Waals surface area contributed by atoms with Gasteiger partial charge in [0.1, 0.15) is 5.82 Å². The molecule has 0 saturated carbocycles. The van der Waals surface area contributed by atoms with Crippen LogP contribution in [0.5, 0.6) is 0 Å². The second-order valence-electron chi connectivity index (χ2n) is 5.22. The number of anilines is 2. The Morgan fingerprint density at radius 3 is 2.70 bits per heavy atom. The van der Waals surface area contributed by atoms with Crippen LogP contribution in [0.2, 0.25) is 0 Å². The summed E-state index contributed by atoms with van der Waals surface area (Å²) in [7, 11) is 0. The van der Waals surface area contributed by atoms with Crippen molar-refractivity contribution < 1.29 is 9.13 Å². The number of benzene rings is 1. The fourth-order valence-corrected chi connectivity index (χ4v) is 2.24. The monoisotopic (exact) mass is 315 g/mol. The van der Waals surface area contributed by atoms with Crippen molar-refractivity contribution in [1.29, 1.82) is 0 Å². The van der Waals surface area contributed by atoms with Crippen molar-refractivity contribution in [1.82, 2.24) is 9.97 Å². The largest absolute Gasteiger partial charge is 0.378 e. The number of morpholine rings is 1. The molecule has 0 unspecified atom stereocenters. The van der Waals surface area contributed by atoms with Crippen LogP contribution in [0, 0.1) is 12.7 Å². The Bertz CT molecular complexity index is 683. The zero-order chi connectivity index (χ0) is 16.1. The first-order valence-corrected chi connectivity index (χ1v) is 7.44. The first-order valence-electron chi connectivity index (χ1n) is 7.44. The summed E-state index contributed by atoms with van der Waals surface area (Å²) in [5, 5.41) is 4.14. The van der Waals surface area contributed by atoms with Crippen molar-refractivity contribution in [2.24, 2.45) is 5.10 Å². The van der Waals surface area contributed by atoms with E-state index in [1.165, 1.54) is 12.1 Å². The molecule has 0 aliphatic carbocycles. The van der Waals surface area contributed by atoms with Gasteiger partial charge in [0.15, 0.2) is 5.82 Å².